The van der Waals surface area contributed by atoms with Crippen molar-refractivity contribution >= 4 is 11.6 Å². The van der Waals surface area contributed by atoms with Gasteiger partial charge in [0, 0.05) is 51.2 Å². The Bertz CT molecular complexity index is 1040. The summed E-state index contributed by atoms with van der Waals surface area (Å²) in [6.45, 7) is 3.62. The number of piperazine rings is 1. The van der Waals surface area contributed by atoms with Crippen LogP contribution in [0, 0.1) is 0 Å². The lowest BCUT2D eigenvalue weighted by atomic mass is 10.2. The second kappa shape index (κ2) is 11.4. The average molecular weight is 525 g/mol. The third-order valence-corrected chi connectivity index (χ3v) is 5.31. The van der Waals surface area contributed by atoms with Crippen LogP contribution in [0.15, 0.2) is 23.4 Å². The van der Waals surface area contributed by atoms with Crippen LogP contribution in [-0.2, 0) is 17.1 Å². The molecule has 0 saturated carbocycles. The molecular weight excluding hydrogens is 500 g/mol. The summed E-state index contributed by atoms with van der Waals surface area (Å²) in [5, 5.41) is 17.9. The van der Waals surface area contributed by atoms with Crippen molar-refractivity contribution in [3.8, 4) is 0 Å². The van der Waals surface area contributed by atoms with Gasteiger partial charge in [0.05, 0.1) is 36.8 Å². The fraction of sp³-hybridized carbons (Fsp3) is 0.600. The molecule has 200 valence electrons. The molecule has 1 saturated heterocycles. The van der Waals surface area contributed by atoms with Crippen LogP contribution in [0.4, 0.5) is 38.0 Å². The van der Waals surface area contributed by atoms with Gasteiger partial charge in [0.25, 0.3) is 5.56 Å². The van der Waals surface area contributed by atoms with Gasteiger partial charge in [-0.3, -0.25) is 9.69 Å². The van der Waals surface area contributed by atoms with Gasteiger partial charge in [0.15, 0.2) is 0 Å². The number of hydrogen-bond donors (Lipinski definition) is 3. The normalized spacial score (nSPS) is 17.2. The molecule has 0 aromatic carbocycles. The third-order valence-electron chi connectivity index (χ3n) is 5.31. The smallest absolute Gasteiger partial charge is 0.389 e. The minimum atomic E-state index is -4.86. The number of halogens is 6. The molecule has 10 nitrogen and oxygen atoms in total. The van der Waals surface area contributed by atoms with Crippen LogP contribution < -0.4 is 15.8 Å². The Labute approximate surface area is 201 Å². The number of hydrogen-bond acceptors (Lipinski definition) is 9. The van der Waals surface area contributed by atoms with Crippen molar-refractivity contribution in [3.05, 3.63) is 40.1 Å². The maximum absolute atomic E-state index is 13.1. The molecule has 0 spiro atoms. The van der Waals surface area contributed by atoms with Gasteiger partial charge in [-0.25, -0.2) is 15.1 Å². The summed E-state index contributed by atoms with van der Waals surface area (Å²) < 4.78 is 82.7. The summed E-state index contributed by atoms with van der Waals surface area (Å²) in [7, 11) is 0. The zero-order valence-electron chi connectivity index (χ0n) is 19.1. The van der Waals surface area contributed by atoms with Crippen LogP contribution in [0.1, 0.15) is 18.1 Å². The number of nitrogens with one attached hydrogen (secondary N) is 2. The van der Waals surface area contributed by atoms with E-state index in [1.54, 1.807) is 16.9 Å². The van der Waals surface area contributed by atoms with E-state index in [0.29, 0.717) is 26.2 Å². The van der Waals surface area contributed by atoms with Crippen LogP contribution in [0.2, 0.25) is 0 Å². The Kier molecular flexibility index (Phi) is 8.73. The molecule has 0 bridgehead atoms. The van der Waals surface area contributed by atoms with Crippen molar-refractivity contribution in [1.82, 2.24) is 25.1 Å². The highest BCUT2D eigenvalue weighted by molar-refractivity contribution is 5.50. The first-order valence-electron chi connectivity index (χ1n) is 10.9. The predicted octanol–water partition coefficient (Wildman–Crippen LogP) is 1.60. The van der Waals surface area contributed by atoms with E-state index in [0.717, 1.165) is 18.6 Å². The average Bonchev–Trinajstić information content (AvgIpc) is 2.78. The highest BCUT2D eigenvalue weighted by Gasteiger charge is 2.37. The lowest BCUT2D eigenvalue weighted by Gasteiger charge is -2.35. The van der Waals surface area contributed by atoms with Gasteiger partial charge >= 0.3 is 12.4 Å². The Morgan fingerprint density at radius 1 is 1.06 bits per heavy atom. The number of ether oxygens (including phenoxy) is 1. The van der Waals surface area contributed by atoms with Gasteiger partial charge in [-0.1, -0.05) is 0 Å². The van der Waals surface area contributed by atoms with E-state index in [-0.39, 0.29) is 25.7 Å². The molecule has 1 aliphatic rings. The van der Waals surface area contributed by atoms with E-state index >= 15 is 0 Å². The van der Waals surface area contributed by atoms with Crippen molar-refractivity contribution < 1.29 is 36.2 Å². The predicted molar refractivity (Wildman–Crippen MR) is 115 cm³/mol. The largest absolute Gasteiger partial charge is 0.423 e. The molecule has 36 heavy (non-hydrogen) atoms. The first-order valence-corrected chi connectivity index (χ1v) is 10.9. The van der Waals surface area contributed by atoms with Crippen LogP contribution >= 0.6 is 0 Å². The van der Waals surface area contributed by atoms with E-state index in [1.165, 1.54) is 0 Å². The lowest BCUT2D eigenvalue weighted by molar-refractivity contribution is -0.139. The summed E-state index contributed by atoms with van der Waals surface area (Å²) >= 11 is 0. The molecule has 0 radical (unpaired) electrons. The fourth-order valence-corrected chi connectivity index (χ4v) is 3.59. The molecule has 1 fully saturated rings. The van der Waals surface area contributed by atoms with Gasteiger partial charge in [0.1, 0.15) is 5.56 Å². The van der Waals surface area contributed by atoms with E-state index < -0.39 is 46.9 Å². The number of rotatable bonds is 9. The van der Waals surface area contributed by atoms with Crippen molar-refractivity contribution in [2.24, 2.45) is 0 Å². The fourth-order valence-electron chi connectivity index (χ4n) is 3.59. The van der Waals surface area contributed by atoms with E-state index in [4.69, 9.17) is 4.74 Å². The summed E-state index contributed by atoms with van der Waals surface area (Å²) in [5.74, 6) is 0.192. The topological polar surface area (TPSA) is 120 Å². The number of aliphatic hydroxyl groups excluding tert-OH is 1. The molecule has 2 unspecified atom stereocenters. The second-order valence-electron chi connectivity index (χ2n) is 8.28. The van der Waals surface area contributed by atoms with E-state index in [9.17, 15) is 36.2 Å². The van der Waals surface area contributed by atoms with Crippen molar-refractivity contribution in [2.45, 2.75) is 31.4 Å². The minimum Gasteiger partial charge on any atom is -0.389 e. The molecule has 3 N–H and O–H groups in total. The third kappa shape index (κ3) is 7.51. The molecule has 16 heteroatoms. The van der Waals surface area contributed by atoms with Crippen LogP contribution in [-0.4, -0.2) is 88.3 Å². The molecular formula is C20H25F6N7O3. The maximum Gasteiger partial charge on any atom is 0.423 e. The molecule has 0 amide bonds. The first-order chi connectivity index (χ1) is 16.8. The Balaban J connectivity index is 1.39. The van der Waals surface area contributed by atoms with Crippen molar-refractivity contribution in [2.75, 3.05) is 56.2 Å². The Hall–Kier alpha value is -2.98. The Morgan fingerprint density at radius 3 is 2.28 bits per heavy atom. The summed E-state index contributed by atoms with van der Waals surface area (Å²) in [6.07, 6.45) is -7.90. The summed E-state index contributed by atoms with van der Waals surface area (Å²) in [6, 6.07) is -0.617. The van der Waals surface area contributed by atoms with E-state index in [2.05, 4.69) is 20.4 Å². The number of β-amino-alcohol motifs (C(OH)–C–C–N with tert-alkyl or cyclic N) is 1. The molecule has 0 aliphatic carbocycles. The number of aliphatic hydroxyl groups is 1. The highest BCUT2D eigenvalue weighted by Crippen LogP contribution is 2.31. The molecule has 2 aromatic heterocycles. The lowest BCUT2D eigenvalue weighted by Crippen LogP contribution is -2.49. The maximum atomic E-state index is 13.1. The van der Waals surface area contributed by atoms with Gasteiger partial charge in [-0.05, 0) is 6.92 Å². The zero-order chi connectivity index (χ0) is 26.5. The number of H-pyrrole nitrogens is 1. The minimum absolute atomic E-state index is 0.0415. The number of anilines is 2. The number of aromatic amines is 1. The highest BCUT2D eigenvalue weighted by atomic mass is 19.4. The Morgan fingerprint density at radius 2 is 1.69 bits per heavy atom. The van der Waals surface area contributed by atoms with Crippen molar-refractivity contribution in [1.29, 1.82) is 0 Å². The van der Waals surface area contributed by atoms with Gasteiger partial charge in [-0.15, -0.1) is 0 Å². The first kappa shape index (κ1) is 27.6. The summed E-state index contributed by atoms with van der Waals surface area (Å²) in [5.41, 5.74) is -4.14. The zero-order valence-corrected chi connectivity index (χ0v) is 19.1. The molecule has 3 heterocycles. The molecule has 2 atom stereocenters. The number of aromatic nitrogens is 4. The number of alkyl halides is 6. The van der Waals surface area contributed by atoms with Crippen LogP contribution in [0.5, 0.6) is 0 Å². The quantitative estimate of drug-likeness (QED) is 0.420. The second-order valence-corrected chi connectivity index (χ2v) is 8.28. The van der Waals surface area contributed by atoms with Crippen molar-refractivity contribution in [3.63, 3.8) is 0 Å². The molecule has 2 aromatic rings. The summed E-state index contributed by atoms with van der Waals surface area (Å²) in [4.78, 5) is 22.8. The standard InChI is InChI=1S/C20H25F6N7O3/c1-12(30-15-8-29-31-17(35)16(15)20(24,25)26)10-36-11-14(34)9-32-2-4-33(5-3-32)18-27-6-13(7-28-18)19(21,22)23/h6-8,12,14,34H,2-5,9-11H2,1H3,(H2,30,31,35). The van der Waals surface area contributed by atoms with Crippen LogP contribution in [0.3, 0.4) is 0 Å². The molecule has 3 rings (SSSR count). The van der Waals surface area contributed by atoms with Gasteiger partial charge in [0.2, 0.25) is 5.95 Å². The van der Waals surface area contributed by atoms with Gasteiger partial charge in [-0.2, -0.15) is 31.4 Å². The molecule has 1 aliphatic heterocycles. The monoisotopic (exact) mass is 525 g/mol. The van der Waals surface area contributed by atoms with E-state index in [1.807, 2.05) is 4.90 Å². The SMILES string of the molecule is CC(COCC(O)CN1CCN(c2ncc(C(F)(F)F)cn2)CC1)Nc1cn[nH]c(=O)c1C(F)(F)F. The van der Waals surface area contributed by atoms with Gasteiger partial charge < -0.3 is 20.1 Å². The van der Waals surface area contributed by atoms with Crippen LogP contribution in [0.25, 0.3) is 0 Å². The number of nitrogens with zero attached hydrogens (tertiary/aromatic N) is 5.